The molecule has 0 fully saturated rings. The number of carbonyl (C=O) groups excluding carboxylic acids is 1. The summed E-state index contributed by atoms with van der Waals surface area (Å²) >= 11 is 0. The highest BCUT2D eigenvalue weighted by Gasteiger charge is 2.18. The van der Waals surface area contributed by atoms with E-state index in [0.717, 1.165) is 6.42 Å². The Kier molecular flexibility index (Phi) is 5.19. The highest BCUT2D eigenvalue weighted by molar-refractivity contribution is 5.83. The number of nitrogens with one attached hydrogen (secondary N) is 1. The van der Waals surface area contributed by atoms with Crippen LogP contribution in [0.4, 0.5) is 0 Å². The van der Waals surface area contributed by atoms with Gasteiger partial charge in [-0.05, 0) is 6.42 Å². The molecule has 0 radical (unpaired) electrons. The lowest BCUT2D eigenvalue weighted by Crippen LogP contribution is -2.40. The number of carboxylic acids is 1. The van der Waals surface area contributed by atoms with Crippen LogP contribution in [-0.4, -0.2) is 32.6 Å². The van der Waals surface area contributed by atoms with Gasteiger partial charge >= 0.3 is 5.97 Å². The molecule has 6 heteroatoms. The van der Waals surface area contributed by atoms with Gasteiger partial charge in [-0.1, -0.05) is 13.3 Å². The van der Waals surface area contributed by atoms with Gasteiger partial charge in [0, 0.05) is 25.4 Å². The molecule has 1 amide bonds. The maximum atomic E-state index is 11.5. The topological polar surface area (TPSA) is 84.2 Å². The van der Waals surface area contributed by atoms with Gasteiger partial charge in [0.15, 0.2) is 0 Å². The standard InChI is InChI=1S/C11H17N3O3/c1-2-3-9(11(16)17)13-10(15)4-6-14-7-5-12-8-14/h5,7-9H,2-4,6H2,1H3,(H,13,15)(H,16,17)/t9-/m0/s1. The summed E-state index contributed by atoms with van der Waals surface area (Å²) in [4.78, 5) is 26.2. The van der Waals surface area contributed by atoms with Gasteiger partial charge in [0.25, 0.3) is 0 Å². The van der Waals surface area contributed by atoms with Gasteiger partial charge < -0.3 is 15.0 Å². The van der Waals surface area contributed by atoms with E-state index in [1.54, 1.807) is 23.3 Å². The minimum Gasteiger partial charge on any atom is -0.480 e. The molecule has 0 spiro atoms. The van der Waals surface area contributed by atoms with Crippen LogP contribution in [-0.2, 0) is 16.1 Å². The first-order valence-corrected chi connectivity index (χ1v) is 5.61. The summed E-state index contributed by atoms with van der Waals surface area (Å²) in [5, 5.41) is 11.4. The number of carboxylic acid groups (broad SMARTS) is 1. The SMILES string of the molecule is CCC[C@H](NC(=O)CCn1ccnc1)C(=O)O. The van der Waals surface area contributed by atoms with E-state index in [1.807, 2.05) is 6.92 Å². The number of nitrogens with zero attached hydrogens (tertiary/aromatic N) is 2. The van der Waals surface area contributed by atoms with Crippen molar-refractivity contribution in [3.05, 3.63) is 18.7 Å². The quantitative estimate of drug-likeness (QED) is 0.731. The van der Waals surface area contributed by atoms with Gasteiger partial charge in [0.05, 0.1) is 6.33 Å². The summed E-state index contributed by atoms with van der Waals surface area (Å²) < 4.78 is 1.77. The Hall–Kier alpha value is -1.85. The largest absolute Gasteiger partial charge is 0.480 e. The average molecular weight is 239 g/mol. The first kappa shape index (κ1) is 13.2. The van der Waals surface area contributed by atoms with Crippen LogP contribution in [0.25, 0.3) is 0 Å². The van der Waals surface area contributed by atoms with Crippen LogP contribution >= 0.6 is 0 Å². The summed E-state index contributed by atoms with van der Waals surface area (Å²) in [6.07, 6.45) is 6.44. The van der Waals surface area contributed by atoms with Crippen molar-refractivity contribution in [2.75, 3.05) is 0 Å². The van der Waals surface area contributed by atoms with Gasteiger partial charge in [0.2, 0.25) is 5.91 Å². The zero-order valence-electron chi connectivity index (χ0n) is 9.80. The molecule has 0 aliphatic carbocycles. The highest BCUT2D eigenvalue weighted by atomic mass is 16.4. The summed E-state index contributed by atoms with van der Waals surface area (Å²) in [7, 11) is 0. The number of amides is 1. The van der Waals surface area contributed by atoms with Crippen LogP contribution in [0.2, 0.25) is 0 Å². The second-order valence-corrected chi connectivity index (χ2v) is 3.80. The first-order chi connectivity index (χ1) is 8.13. The smallest absolute Gasteiger partial charge is 0.326 e. The molecule has 1 atom stereocenters. The van der Waals surface area contributed by atoms with Gasteiger partial charge in [-0.25, -0.2) is 9.78 Å². The summed E-state index contributed by atoms with van der Waals surface area (Å²) in [5.41, 5.74) is 0. The molecule has 1 aromatic rings. The number of imidazole rings is 1. The van der Waals surface area contributed by atoms with Crippen molar-refractivity contribution in [2.24, 2.45) is 0 Å². The Morgan fingerprint density at radius 3 is 2.82 bits per heavy atom. The molecule has 0 saturated carbocycles. The van der Waals surface area contributed by atoms with E-state index in [-0.39, 0.29) is 12.3 Å². The van der Waals surface area contributed by atoms with Crippen LogP contribution in [0, 0.1) is 0 Å². The number of rotatable bonds is 7. The average Bonchev–Trinajstić information content (AvgIpc) is 2.78. The summed E-state index contributed by atoms with van der Waals surface area (Å²) in [6.45, 7) is 2.39. The fourth-order valence-electron chi connectivity index (χ4n) is 1.46. The predicted octanol–water partition coefficient (Wildman–Crippen LogP) is 0.643. The Morgan fingerprint density at radius 1 is 1.53 bits per heavy atom. The molecule has 0 aromatic carbocycles. The Morgan fingerprint density at radius 2 is 2.29 bits per heavy atom. The number of carbonyl (C=O) groups is 2. The second kappa shape index (κ2) is 6.67. The Balaban J connectivity index is 2.34. The van der Waals surface area contributed by atoms with E-state index in [1.165, 1.54) is 0 Å². The van der Waals surface area contributed by atoms with Crippen LogP contribution in [0.5, 0.6) is 0 Å². The van der Waals surface area contributed by atoms with Gasteiger partial charge in [-0.2, -0.15) is 0 Å². The summed E-state index contributed by atoms with van der Waals surface area (Å²) in [6, 6.07) is -0.782. The number of aliphatic carboxylic acids is 1. The van der Waals surface area contributed by atoms with Crippen LogP contribution in [0.15, 0.2) is 18.7 Å². The molecule has 0 bridgehead atoms. The van der Waals surface area contributed by atoms with E-state index < -0.39 is 12.0 Å². The molecule has 1 heterocycles. The zero-order chi connectivity index (χ0) is 12.7. The Labute approximate surface area is 99.7 Å². The lowest BCUT2D eigenvalue weighted by atomic mass is 10.1. The number of hydrogen-bond donors (Lipinski definition) is 2. The van der Waals surface area contributed by atoms with Crippen molar-refractivity contribution >= 4 is 11.9 Å². The van der Waals surface area contributed by atoms with Crippen molar-refractivity contribution in [1.29, 1.82) is 0 Å². The van der Waals surface area contributed by atoms with E-state index in [4.69, 9.17) is 5.11 Å². The fraction of sp³-hybridized carbons (Fsp3) is 0.545. The van der Waals surface area contributed by atoms with E-state index in [9.17, 15) is 9.59 Å². The first-order valence-electron chi connectivity index (χ1n) is 5.61. The predicted molar refractivity (Wildman–Crippen MR) is 61.3 cm³/mol. The maximum Gasteiger partial charge on any atom is 0.326 e. The molecule has 6 nitrogen and oxygen atoms in total. The fourth-order valence-corrected chi connectivity index (χ4v) is 1.46. The highest BCUT2D eigenvalue weighted by Crippen LogP contribution is 1.98. The van der Waals surface area contributed by atoms with Crippen LogP contribution < -0.4 is 5.32 Å². The minimum absolute atomic E-state index is 0.250. The minimum atomic E-state index is -0.983. The monoisotopic (exact) mass is 239 g/mol. The number of aromatic nitrogens is 2. The van der Waals surface area contributed by atoms with Crippen LogP contribution in [0.3, 0.4) is 0 Å². The molecule has 0 aliphatic rings. The summed E-state index contributed by atoms with van der Waals surface area (Å²) in [5.74, 6) is -1.23. The van der Waals surface area contributed by atoms with Gasteiger partial charge in [0.1, 0.15) is 6.04 Å². The molecule has 0 unspecified atom stereocenters. The molecule has 1 aromatic heterocycles. The van der Waals surface area contributed by atoms with Crippen molar-refractivity contribution in [3.63, 3.8) is 0 Å². The maximum absolute atomic E-state index is 11.5. The third kappa shape index (κ3) is 4.67. The number of hydrogen-bond acceptors (Lipinski definition) is 3. The van der Waals surface area contributed by atoms with E-state index in [2.05, 4.69) is 10.3 Å². The lowest BCUT2D eigenvalue weighted by Gasteiger charge is -2.13. The third-order valence-electron chi connectivity index (χ3n) is 2.37. The normalized spacial score (nSPS) is 12.1. The van der Waals surface area contributed by atoms with Crippen LogP contribution in [0.1, 0.15) is 26.2 Å². The van der Waals surface area contributed by atoms with Crippen molar-refractivity contribution < 1.29 is 14.7 Å². The van der Waals surface area contributed by atoms with Crippen molar-refractivity contribution in [2.45, 2.75) is 38.8 Å². The van der Waals surface area contributed by atoms with Crippen molar-refractivity contribution in [3.8, 4) is 0 Å². The molecule has 1 rings (SSSR count). The molecule has 2 N–H and O–H groups in total. The number of aryl methyl sites for hydroxylation is 1. The molecule has 17 heavy (non-hydrogen) atoms. The van der Waals surface area contributed by atoms with Gasteiger partial charge in [-0.15, -0.1) is 0 Å². The second-order valence-electron chi connectivity index (χ2n) is 3.80. The van der Waals surface area contributed by atoms with Crippen molar-refractivity contribution in [1.82, 2.24) is 14.9 Å². The molecule has 0 saturated heterocycles. The van der Waals surface area contributed by atoms with E-state index in [0.29, 0.717) is 13.0 Å². The molecule has 0 aliphatic heterocycles. The zero-order valence-corrected chi connectivity index (χ0v) is 9.80. The Bertz CT molecular complexity index is 362. The molecule has 94 valence electrons. The van der Waals surface area contributed by atoms with E-state index >= 15 is 0 Å². The molecular formula is C11H17N3O3. The third-order valence-corrected chi connectivity index (χ3v) is 2.37. The molecular weight excluding hydrogens is 222 g/mol. The van der Waals surface area contributed by atoms with Gasteiger partial charge in [-0.3, -0.25) is 4.79 Å². The lowest BCUT2D eigenvalue weighted by molar-refractivity contribution is -0.142.